The molecule has 1 saturated heterocycles. The molecule has 0 unspecified atom stereocenters. The van der Waals surface area contributed by atoms with E-state index in [4.69, 9.17) is 4.74 Å². The van der Waals surface area contributed by atoms with Crippen molar-refractivity contribution in [1.29, 1.82) is 0 Å². The maximum atomic E-state index is 6.27. The molecule has 0 N–H and O–H groups in total. The largest absolute Gasteiger partial charge is 0.363 e. The topological polar surface area (TPSA) is 12.5 Å². The van der Waals surface area contributed by atoms with Crippen LogP contribution in [0.1, 0.15) is 11.1 Å². The van der Waals surface area contributed by atoms with Crippen LogP contribution in [0.25, 0.3) is 0 Å². The highest BCUT2D eigenvalue weighted by Crippen LogP contribution is 2.36. The molecule has 1 heterocycles. The summed E-state index contributed by atoms with van der Waals surface area (Å²) in [7, 11) is 2.16. The molecule has 0 amide bonds. The fourth-order valence-corrected chi connectivity index (χ4v) is 2.81. The summed E-state index contributed by atoms with van der Waals surface area (Å²) in [6, 6.07) is 21.1. The van der Waals surface area contributed by atoms with Gasteiger partial charge in [-0.15, -0.1) is 0 Å². The van der Waals surface area contributed by atoms with Gasteiger partial charge in [0.15, 0.2) is 0 Å². The lowest BCUT2D eigenvalue weighted by Gasteiger charge is -2.42. The zero-order valence-corrected chi connectivity index (χ0v) is 11.3. The summed E-state index contributed by atoms with van der Waals surface area (Å²) in [5.41, 5.74) is 2.12. The van der Waals surface area contributed by atoms with Crippen LogP contribution in [0.15, 0.2) is 60.7 Å². The summed E-state index contributed by atoms with van der Waals surface area (Å²) in [4.78, 5) is 2.34. The van der Waals surface area contributed by atoms with Crippen molar-refractivity contribution in [1.82, 2.24) is 4.90 Å². The van der Waals surface area contributed by atoms with Crippen molar-refractivity contribution >= 4 is 0 Å². The van der Waals surface area contributed by atoms with E-state index in [0.717, 1.165) is 19.7 Å². The van der Waals surface area contributed by atoms with Crippen LogP contribution in [0.5, 0.6) is 0 Å². The Balaban J connectivity index is 2.11. The Labute approximate surface area is 114 Å². The van der Waals surface area contributed by atoms with Gasteiger partial charge in [0.05, 0.1) is 6.61 Å². The van der Waals surface area contributed by atoms with Gasteiger partial charge in [0, 0.05) is 13.1 Å². The molecule has 1 aliphatic heterocycles. The molecule has 1 aliphatic rings. The Morgan fingerprint density at radius 3 is 1.89 bits per heavy atom. The van der Waals surface area contributed by atoms with E-state index in [1.165, 1.54) is 11.1 Å². The third-order valence-electron chi connectivity index (χ3n) is 3.79. The van der Waals surface area contributed by atoms with Crippen molar-refractivity contribution in [2.75, 3.05) is 26.7 Å². The quantitative estimate of drug-likeness (QED) is 0.816. The Kier molecular flexibility index (Phi) is 3.36. The Hall–Kier alpha value is -1.64. The lowest BCUT2D eigenvalue weighted by atomic mass is 9.84. The molecular formula is C17H19NO. The van der Waals surface area contributed by atoms with Crippen LogP contribution in [0, 0.1) is 0 Å². The minimum atomic E-state index is -0.338. The molecule has 2 nitrogen and oxygen atoms in total. The van der Waals surface area contributed by atoms with Gasteiger partial charge in [-0.2, -0.15) is 0 Å². The van der Waals surface area contributed by atoms with Crippen LogP contribution in [-0.4, -0.2) is 31.6 Å². The van der Waals surface area contributed by atoms with Crippen molar-refractivity contribution in [3.8, 4) is 0 Å². The van der Waals surface area contributed by atoms with Crippen LogP contribution < -0.4 is 0 Å². The number of morpholine rings is 1. The molecule has 1 fully saturated rings. The van der Waals surface area contributed by atoms with Crippen LogP contribution in [0.2, 0.25) is 0 Å². The molecule has 98 valence electrons. The van der Waals surface area contributed by atoms with Crippen molar-refractivity contribution in [2.45, 2.75) is 5.60 Å². The number of nitrogens with zero attached hydrogens (tertiary/aromatic N) is 1. The maximum Gasteiger partial charge on any atom is 0.131 e. The smallest absolute Gasteiger partial charge is 0.131 e. The molecule has 0 saturated carbocycles. The lowest BCUT2D eigenvalue weighted by molar-refractivity contribution is -0.0813. The van der Waals surface area contributed by atoms with Crippen molar-refractivity contribution in [3.05, 3.63) is 71.8 Å². The summed E-state index contributed by atoms with van der Waals surface area (Å²) >= 11 is 0. The SMILES string of the molecule is CN1CCOC(c2ccccc2)(c2ccccc2)C1. The van der Waals surface area contributed by atoms with Crippen molar-refractivity contribution in [3.63, 3.8) is 0 Å². The molecule has 0 bridgehead atoms. The number of hydrogen-bond acceptors (Lipinski definition) is 2. The molecule has 0 aliphatic carbocycles. The molecular weight excluding hydrogens is 234 g/mol. The molecule has 0 aromatic heterocycles. The highest BCUT2D eigenvalue weighted by molar-refractivity contribution is 5.37. The second kappa shape index (κ2) is 5.16. The number of hydrogen-bond donors (Lipinski definition) is 0. The summed E-state index contributed by atoms with van der Waals surface area (Å²) in [6.07, 6.45) is 0. The molecule has 0 spiro atoms. The van der Waals surface area contributed by atoms with E-state index < -0.39 is 0 Å². The fourth-order valence-electron chi connectivity index (χ4n) is 2.81. The summed E-state index contributed by atoms with van der Waals surface area (Å²) in [6.45, 7) is 2.64. The zero-order chi connectivity index (χ0) is 13.1. The van der Waals surface area contributed by atoms with E-state index in [0.29, 0.717) is 0 Å². The number of likely N-dealkylation sites (N-methyl/N-ethyl adjacent to an activating group) is 1. The molecule has 0 atom stereocenters. The monoisotopic (exact) mass is 253 g/mol. The number of ether oxygens (including phenoxy) is 1. The van der Waals surface area contributed by atoms with Gasteiger partial charge in [0.1, 0.15) is 5.60 Å². The Bertz CT molecular complexity index is 484. The predicted octanol–water partition coefficient (Wildman–Crippen LogP) is 2.89. The highest BCUT2D eigenvalue weighted by Gasteiger charge is 2.38. The summed E-state index contributed by atoms with van der Waals surface area (Å²) in [5, 5.41) is 0. The van der Waals surface area contributed by atoms with Crippen molar-refractivity contribution in [2.24, 2.45) is 0 Å². The molecule has 2 heteroatoms. The first-order valence-corrected chi connectivity index (χ1v) is 6.75. The molecule has 0 radical (unpaired) electrons. The molecule has 19 heavy (non-hydrogen) atoms. The molecule has 2 aromatic rings. The first-order chi connectivity index (χ1) is 9.31. The summed E-state index contributed by atoms with van der Waals surface area (Å²) in [5.74, 6) is 0. The van der Waals surface area contributed by atoms with Gasteiger partial charge in [0.25, 0.3) is 0 Å². The summed E-state index contributed by atoms with van der Waals surface area (Å²) < 4.78 is 6.27. The minimum absolute atomic E-state index is 0.338. The average Bonchev–Trinajstić information content (AvgIpc) is 2.49. The molecule has 3 rings (SSSR count). The van der Waals surface area contributed by atoms with E-state index in [2.05, 4.69) is 72.6 Å². The minimum Gasteiger partial charge on any atom is -0.363 e. The van der Waals surface area contributed by atoms with Gasteiger partial charge in [-0.3, -0.25) is 0 Å². The number of benzene rings is 2. The van der Waals surface area contributed by atoms with Crippen LogP contribution in [0.4, 0.5) is 0 Å². The average molecular weight is 253 g/mol. The first kappa shape index (κ1) is 12.4. The van der Waals surface area contributed by atoms with Gasteiger partial charge >= 0.3 is 0 Å². The van der Waals surface area contributed by atoms with Crippen LogP contribution in [0.3, 0.4) is 0 Å². The first-order valence-electron chi connectivity index (χ1n) is 6.75. The van der Waals surface area contributed by atoms with E-state index in [9.17, 15) is 0 Å². The predicted molar refractivity (Wildman–Crippen MR) is 77.1 cm³/mol. The van der Waals surface area contributed by atoms with E-state index in [1.807, 2.05) is 0 Å². The Morgan fingerprint density at radius 2 is 1.42 bits per heavy atom. The third-order valence-corrected chi connectivity index (χ3v) is 3.79. The van der Waals surface area contributed by atoms with Gasteiger partial charge < -0.3 is 9.64 Å². The van der Waals surface area contributed by atoms with E-state index >= 15 is 0 Å². The van der Waals surface area contributed by atoms with Gasteiger partial charge in [-0.1, -0.05) is 60.7 Å². The third kappa shape index (κ3) is 2.29. The maximum absolute atomic E-state index is 6.27. The highest BCUT2D eigenvalue weighted by atomic mass is 16.5. The van der Waals surface area contributed by atoms with E-state index in [1.54, 1.807) is 0 Å². The van der Waals surface area contributed by atoms with Crippen LogP contribution >= 0.6 is 0 Å². The zero-order valence-electron chi connectivity index (χ0n) is 11.3. The van der Waals surface area contributed by atoms with Gasteiger partial charge in [0.2, 0.25) is 0 Å². The fraction of sp³-hybridized carbons (Fsp3) is 0.294. The Morgan fingerprint density at radius 1 is 0.895 bits per heavy atom. The second-order valence-corrected chi connectivity index (χ2v) is 5.15. The normalized spacial score (nSPS) is 19.2. The van der Waals surface area contributed by atoms with Crippen molar-refractivity contribution < 1.29 is 4.74 Å². The van der Waals surface area contributed by atoms with Crippen LogP contribution in [-0.2, 0) is 10.3 Å². The number of rotatable bonds is 2. The lowest BCUT2D eigenvalue weighted by Crippen LogP contribution is -2.48. The van der Waals surface area contributed by atoms with E-state index in [-0.39, 0.29) is 5.60 Å². The second-order valence-electron chi connectivity index (χ2n) is 5.15. The molecule has 2 aromatic carbocycles. The van der Waals surface area contributed by atoms with Gasteiger partial charge in [-0.25, -0.2) is 0 Å². The van der Waals surface area contributed by atoms with Gasteiger partial charge in [-0.05, 0) is 18.2 Å². The standard InChI is InChI=1S/C17H19NO/c1-18-12-13-19-17(14-18,15-8-4-2-5-9-15)16-10-6-3-7-11-16/h2-11H,12-14H2,1H3.